The standard InChI is InChI=1S/C12H11BrN2O/c13-10-7-9(12(16)3-4-12)1-2-11(10)15-6-5-14-8-15/h1-2,5-8,16H,3-4H2. The van der Waals surface area contributed by atoms with Crippen LogP contribution in [0.5, 0.6) is 0 Å². The largest absolute Gasteiger partial charge is 0.385 e. The minimum atomic E-state index is -0.573. The zero-order valence-corrected chi connectivity index (χ0v) is 10.2. The molecule has 3 nitrogen and oxygen atoms in total. The summed E-state index contributed by atoms with van der Waals surface area (Å²) in [5.41, 5.74) is 1.45. The lowest BCUT2D eigenvalue weighted by Crippen LogP contribution is -2.04. The van der Waals surface area contributed by atoms with Crippen molar-refractivity contribution >= 4 is 15.9 Å². The molecule has 1 heterocycles. The van der Waals surface area contributed by atoms with Crippen molar-refractivity contribution in [2.45, 2.75) is 18.4 Å². The maximum atomic E-state index is 10.0. The van der Waals surface area contributed by atoms with Gasteiger partial charge in [0.25, 0.3) is 0 Å². The van der Waals surface area contributed by atoms with E-state index in [1.54, 1.807) is 12.5 Å². The molecule has 0 bridgehead atoms. The van der Waals surface area contributed by atoms with Crippen LogP contribution in [0.1, 0.15) is 18.4 Å². The quantitative estimate of drug-likeness (QED) is 0.917. The van der Waals surface area contributed by atoms with Crippen molar-refractivity contribution < 1.29 is 5.11 Å². The van der Waals surface area contributed by atoms with Gasteiger partial charge >= 0.3 is 0 Å². The molecule has 0 aliphatic heterocycles. The number of benzene rings is 1. The molecule has 1 N–H and O–H groups in total. The van der Waals surface area contributed by atoms with Crippen LogP contribution >= 0.6 is 15.9 Å². The minimum Gasteiger partial charge on any atom is -0.385 e. The lowest BCUT2D eigenvalue weighted by atomic mass is 10.1. The van der Waals surface area contributed by atoms with Gasteiger partial charge in [0.05, 0.1) is 17.6 Å². The summed E-state index contributed by atoms with van der Waals surface area (Å²) in [5, 5.41) is 10.0. The smallest absolute Gasteiger partial charge is 0.0992 e. The molecule has 82 valence electrons. The fourth-order valence-corrected chi connectivity index (χ4v) is 2.40. The zero-order valence-electron chi connectivity index (χ0n) is 8.60. The Bertz CT molecular complexity index is 518. The number of hydrogen-bond donors (Lipinski definition) is 1. The first-order valence-corrected chi connectivity index (χ1v) is 5.99. The summed E-state index contributed by atoms with van der Waals surface area (Å²) >= 11 is 3.53. The van der Waals surface area contributed by atoms with Crippen molar-refractivity contribution in [2.24, 2.45) is 0 Å². The molecular formula is C12H11BrN2O. The van der Waals surface area contributed by atoms with Gasteiger partial charge in [0, 0.05) is 16.9 Å². The number of rotatable bonds is 2. The molecule has 2 aromatic rings. The number of hydrogen-bond acceptors (Lipinski definition) is 2. The third kappa shape index (κ3) is 1.58. The highest BCUT2D eigenvalue weighted by Crippen LogP contribution is 2.46. The summed E-state index contributed by atoms with van der Waals surface area (Å²) in [6.45, 7) is 0. The molecule has 0 amide bonds. The second kappa shape index (κ2) is 3.43. The van der Waals surface area contributed by atoms with Crippen LogP contribution in [0.25, 0.3) is 5.69 Å². The molecule has 0 unspecified atom stereocenters. The van der Waals surface area contributed by atoms with E-state index < -0.39 is 5.60 Å². The number of imidazole rings is 1. The Hall–Kier alpha value is -1.13. The number of nitrogens with zero attached hydrogens (tertiary/aromatic N) is 2. The summed E-state index contributed by atoms with van der Waals surface area (Å²) in [6.07, 6.45) is 7.12. The van der Waals surface area contributed by atoms with Crippen LogP contribution in [0.2, 0.25) is 0 Å². The van der Waals surface area contributed by atoms with Gasteiger partial charge in [0.1, 0.15) is 0 Å². The zero-order chi connectivity index (χ0) is 11.2. The lowest BCUT2D eigenvalue weighted by Gasteiger charge is -2.11. The van der Waals surface area contributed by atoms with Crippen molar-refractivity contribution in [1.29, 1.82) is 0 Å². The second-order valence-electron chi connectivity index (χ2n) is 4.17. The van der Waals surface area contributed by atoms with Crippen LogP contribution in [0.3, 0.4) is 0 Å². The van der Waals surface area contributed by atoms with Crippen molar-refractivity contribution in [3.63, 3.8) is 0 Å². The maximum absolute atomic E-state index is 10.0. The first kappa shape index (κ1) is 10.1. The molecule has 1 aliphatic carbocycles. The molecule has 4 heteroatoms. The van der Waals surface area contributed by atoms with E-state index in [4.69, 9.17) is 0 Å². The Balaban J connectivity index is 2.04. The summed E-state index contributed by atoms with van der Waals surface area (Å²) in [7, 11) is 0. The van der Waals surface area contributed by atoms with Gasteiger partial charge in [0.2, 0.25) is 0 Å². The van der Waals surface area contributed by atoms with E-state index in [1.807, 2.05) is 29.0 Å². The highest BCUT2D eigenvalue weighted by atomic mass is 79.9. The number of aliphatic hydroxyl groups is 1. The molecule has 0 atom stereocenters. The van der Waals surface area contributed by atoms with Crippen LogP contribution in [-0.4, -0.2) is 14.7 Å². The number of aromatic nitrogens is 2. The summed E-state index contributed by atoms with van der Waals surface area (Å²) in [4.78, 5) is 4.02. The Morgan fingerprint density at radius 2 is 2.19 bits per heavy atom. The van der Waals surface area contributed by atoms with Crippen molar-refractivity contribution in [3.05, 3.63) is 47.0 Å². The minimum absolute atomic E-state index is 0.573. The third-order valence-corrected chi connectivity index (χ3v) is 3.63. The first-order valence-electron chi connectivity index (χ1n) is 5.20. The molecule has 16 heavy (non-hydrogen) atoms. The van der Waals surface area contributed by atoms with Crippen LogP contribution in [0.4, 0.5) is 0 Å². The van der Waals surface area contributed by atoms with E-state index in [9.17, 15) is 5.11 Å². The van der Waals surface area contributed by atoms with E-state index in [2.05, 4.69) is 20.9 Å². The van der Waals surface area contributed by atoms with E-state index in [-0.39, 0.29) is 0 Å². The highest BCUT2D eigenvalue weighted by molar-refractivity contribution is 9.10. The maximum Gasteiger partial charge on any atom is 0.0992 e. The van der Waals surface area contributed by atoms with Gasteiger partial charge < -0.3 is 9.67 Å². The average Bonchev–Trinajstić information content (AvgIpc) is 2.82. The molecule has 3 rings (SSSR count). The molecule has 1 saturated carbocycles. The average molecular weight is 279 g/mol. The Morgan fingerprint density at radius 3 is 2.75 bits per heavy atom. The Morgan fingerprint density at radius 1 is 1.38 bits per heavy atom. The van der Waals surface area contributed by atoms with Gasteiger partial charge in [0.15, 0.2) is 0 Å². The molecule has 0 spiro atoms. The van der Waals surface area contributed by atoms with E-state index >= 15 is 0 Å². The topological polar surface area (TPSA) is 38.0 Å². The van der Waals surface area contributed by atoms with E-state index in [0.717, 1.165) is 28.6 Å². The van der Waals surface area contributed by atoms with Gasteiger partial charge in [-0.2, -0.15) is 0 Å². The molecule has 1 aromatic carbocycles. The summed E-state index contributed by atoms with van der Waals surface area (Å²) < 4.78 is 2.91. The van der Waals surface area contributed by atoms with Crippen molar-refractivity contribution in [2.75, 3.05) is 0 Å². The molecule has 1 aliphatic rings. The SMILES string of the molecule is OC1(c2ccc(-n3ccnc3)c(Br)c2)CC1. The van der Waals surface area contributed by atoms with Gasteiger partial charge in [-0.15, -0.1) is 0 Å². The van der Waals surface area contributed by atoms with Crippen LogP contribution in [0, 0.1) is 0 Å². The molecule has 1 fully saturated rings. The highest BCUT2D eigenvalue weighted by Gasteiger charge is 2.42. The van der Waals surface area contributed by atoms with Crippen LogP contribution < -0.4 is 0 Å². The van der Waals surface area contributed by atoms with E-state index in [0.29, 0.717) is 0 Å². The molecule has 1 aromatic heterocycles. The second-order valence-corrected chi connectivity index (χ2v) is 5.02. The van der Waals surface area contributed by atoms with Gasteiger partial charge in [-0.3, -0.25) is 0 Å². The third-order valence-electron chi connectivity index (χ3n) is 2.99. The van der Waals surface area contributed by atoms with E-state index in [1.165, 1.54) is 0 Å². The molecule has 0 saturated heterocycles. The molecule has 0 radical (unpaired) electrons. The van der Waals surface area contributed by atoms with Crippen LogP contribution in [0.15, 0.2) is 41.4 Å². The van der Waals surface area contributed by atoms with Gasteiger partial charge in [-0.05, 0) is 46.5 Å². The fraction of sp³-hybridized carbons (Fsp3) is 0.250. The molecular weight excluding hydrogens is 268 g/mol. The predicted octanol–water partition coefficient (Wildman–Crippen LogP) is 2.62. The predicted molar refractivity (Wildman–Crippen MR) is 64.4 cm³/mol. The first-order chi connectivity index (χ1) is 7.69. The lowest BCUT2D eigenvalue weighted by molar-refractivity contribution is 0.151. The fourth-order valence-electron chi connectivity index (χ4n) is 1.81. The van der Waals surface area contributed by atoms with Gasteiger partial charge in [-0.1, -0.05) is 6.07 Å². The normalized spacial score (nSPS) is 17.4. The van der Waals surface area contributed by atoms with Crippen molar-refractivity contribution in [1.82, 2.24) is 9.55 Å². The van der Waals surface area contributed by atoms with Crippen LogP contribution in [-0.2, 0) is 5.60 Å². The Kier molecular flexibility index (Phi) is 2.16. The van der Waals surface area contributed by atoms with Crippen molar-refractivity contribution in [3.8, 4) is 5.69 Å². The Labute approximate surface area is 102 Å². The number of halogens is 1. The summed E-state index contributed by atoms with van der Waals surface area (Å²) in [5.74, 6) is 0. The summed E-state index contributed by atoms with van der Waals surface area (Å²) in [6, 6.07) is 5.97. The van der Waals surface area contributed by atoms with Gasteiger partial charge in [-0.25, -0.2) is 4.98 Å². The monoisotopic (exact) mass is 278 g/mol.